The van der Waals surface area contributed by atoms with Crippen molar-refractivity contribution in [1.29, 1.82) is 0 Å². The van der Waals surface area contributed by atoms with E-state index in [-0.39, 0.29) is 36.4 Å². The monoisotopic (exact) mass is 364 g/mol. The highest BCUT2D eigenvalue weighted by atomic mass is 16.7. The van der Waals surface area contributed by atoms with E-state index in [9.17, 15) is 14.4 Å². The van der Waals surface area contributed by atoms with Crippen molar-refractivity contribution in [3.63, 3.8) is 0 Å². The molecule has 0 aromatic carbocycles. The van der Waals surface area contributed by atoms with Gasteiger partial charge in [0, 0.05) is 31.3 Å². The molecular weight excluding hydrogens is 336 g/mol. The average molecular weight is 364 g/mol. The van der Waals surface area contributed by atoms with Crippen molar-refractivity contribution in [2.75, 3.05) is 6.61 Å². The summed E-state index contributed by atoms with van der Waals surface area (Å²) in [4.78, 5) is 33.7. The first kappa shape index (κ1) is 20.5. The molecule has 1 aliphatic carbocycles. The number of carboxylic acid groups (broad SMARTS) is 1. The van der Waals surface area contributed by atoms with E-state index in [0.717, 1.165) is 25.5 Å². The highest BCUT2D eigenvalue weighted by Gasteiger charge is 2.42. The van der Waals surface area contributed by atoms with Crippen LogP contribution in [0.2, 0.25) is 0 Å². The molecule has 1 saturated heterocycles. The predicted octanol–water partition coefficient (Wildman–Crippen LogP) is 3.06. The van der Waals surface area contributed by atoms with Crippen molar-refractivity contribution in [2.24, 2.45) is 11.8 Å². The van der Waals surface area contributed by atoms with E-state index in [1.54, 1.807) is 6.08 Å². The van der Waals surface area contributed by atoms with Crippen LogP contribution in [-0.2, 0) is 23.9 Å². The van der Waals surface area contributed by atoms with Crippen LogP contribution in [0.1, 0.15) is 51.4 Å². The summed E-state index contributed by atoms with van der Waals surface area (Å²) in [5, 5.41) is 8.63. The van der Waals surface area contributed by atoms with E-state index in [1.165, 1.54) is 6.08 Å². The minimum Gasteiger partial charge on any atom is -0.481 e. The average Bonchev–Trinajstić information content (AvgIpc) is 2.91. The highest BCUT2D eigenvalue weighted by molar-refractivity contribution is 5.85. The lowest BCUT2D eigenvalue weighted by Crippen LogP contribution is -2.30. The summed E-state index contributed by atoms with van der Waals surface area (Å²) in [6.07, 6.45) is 12.5. The van der Waals surface area contributed by atoms with Crippen LogP contribution >= 0.6 is 0 Å². The number of hydrogen-bond acceptors (Lipinski definition) is 5. The van der Waals surface area contributed by atoms with Gasteiger partial charge in [-0.2, -0.15) is 0 Å². The molecule has 0 aromatic rings. The Balaban J connectivity index is 1.91. The smallest absolute Gasteiger partial charge is 0.303 e. The largest absolute Gasteiger partial charge is 0.481 e. The van der Waals surface area contributed by atoms with Crippen molar-refractivity contribution in [1.82, 2.24) is 0 Å². The minimum absolute atomic E-state index is 0.137. The van der Waals surface area contributed by atoms with Crippen LogP contribution in [0.15, 0.2) is 24.3 Å². The Labute approximate surface area is 154 Å². The molecule has 2 aliphatic rings. The van der Waals surface area contributed by atoms with Gasteiger partial charge < -0.3 is 14.6 Å². The van der Waals surface area contributed by atoms with Gasteiger partial charge in [0.25, 0.3) is 0 Å². The minimum atomic E-state index is -0.798. The molecule has 4 atom stereocenters. The Morgan fingerprint density at radius 2 is 2.15 bits per heavy atom. The van der Waals surface area contributed by atoms with Gasteiger partial charge in [0.15, 0.2) is 6.29 Å². The Kier molecular flexibility index (Phi) is 8.71. The molecule has 1 N–H and O–H groups in total. The van der Waals surface area contributed by atoms with E-state index < -0.39 is 5.97 Å². The summed E-state index contributed by atoms with van der Waals surface area (Å²) in [6.45, 7) is 0.683. The highest BCUT2D eigenvalue weighted by Crippen LogP contribution is 2.36. The molecule has 1 unspecified atom stereocenters. The summed E-state index contributed by atoms with van der Waals surface area (Å²) in [7, 11) is 0. The van der Waals surface area contributed by atoms with Crippen LogP contribution in [-0.4, -0.2) is 42.1 Å². The molecule has 26 heavy (non-hydrogen) atoms. The molecule has 0 spiro atoms. The van der Waals surface area contributed by atoms with Gasteiger partial charge in [-0.05, 0) is 44.6 Å². The SMILES string of the molecule is O=CC=C[C@@H]1[C@@H](OC2CCCCO2)CC(=O)[C@H]1CC=CCCCC(=O)O. The Morgan fingerprint density at radius 1 is 1.31 bits per heavy atom. The van der Waals surface area contributed by atoms with Gasteiger partial charge >= 0.3 is 5.97 Å². The summed E-state index contributed by atoms with van der Waals surface area (Å²) < 4.78 is 11.7. The molecule has 1 aliphatic heterocycles. The lowest BCUT2D eigenvalue weighted by molar-refractivity contribution is -0.192. The van der Waals surface area contributed by atoms with Gasteiger partial charge in [-0.1, -0.05) is 18.2 Å². The van der Waals surface area contributed by atoms with Gasteiger partial charge in [-0.15, -0.1) is 0 Å². The maximum atomic E-state index is 12.5. The number of aliphatic carboxylic acids is 1. The normalized spacial score (nSPS) is 29.6. The van der Waals surface area contributed by atoms with Crippen LogP contribution in [0.4, 0.5) is 0 Å². The fourth-order valence-electron chi connectivity index (χ4n) is 3.56. The van der Waals surface area contributed by atoms with Crippen molar-refractivity contribution >= 4 is 18.0 Å². The number of aldehydes is 1. The van der Waals surface area contributed by atoms with Crippen LogP contribution in [0.25, 0.3) is 0 Å². The maximum absolute atomic E-state index is 12.5. The zero-order chi connectivity index (χ0) is 18.8. The second-order valence-corrected chi connectivity index (χ2v) is 6.84. The third kappa shape index (κ3) is 6.50. The van der Waals surface area contributed by atoms with Crippen LogP contribution < -0.4 is 0 Å². The molecule has 2 fully saturated rings. The van der Waals surface area contributed by atoms with Crippen molar-refractivity contribution in [2.45, 2.75) is 63.8 Å². The number of allylic oxidation sites excluding steroid dienone is 3. The van der Waals surface area contributed by atoms with Crippen molar-refractivity contribution < 1.29 is 29.0 Å². The van der Waals surface area contributed by atoms with Crippen LogP contribution in [0.5, 0.6) is 0 Å². The lowest BCUT2D eigenvalue weighted by Gasteiger charge is -2.28. The first-order valence-electron chi connectivity index (χ1n) is 9.40. The number of carboxylic acids is 1. The first-order chi connectivity index (χ1) is 12.6. The molecule has 0 radical (unpaired) electrons. The number of Topliss-reactive ketones (excluding diaryl/α,β-unsaturated/α-hetero) is 1. The summed E-state index contributed by atoms with van der Waals surface area (Å²) in [5.74, 6) is -1.01. The first-order valence-corrected chi connectivity index (χ1v) is 9.40. The van der Waals surface area contributed by atoms with Crippen LogP contribution in [0, 0.1) is 11.8 Å². The Hall–Kier alpha value is -1.79. The molecule has 1 heterocycles. The molecular formula is C20H28O6. The second kappa shape index (κ2) is 11.0. The molecule has 144 valence electrons. The predicted molar refractivity (Wildman–Crippen MR) is 95.5 cm³/mol. The number of rotatable bonds is 10. The summed E-state index contributed by atoms with van der Waals surface area (Å²) in [6, 6.07) is 0. The standard InChI is InChI=1S/C20H28O6/c21-12-7-9-16-15(8-3-1-2-4-10-19(23)24)17(22)14-18(16)26-20-11-5-6-13-25-20/h1,3,7,9,12,15-16,18,20H,2,4-6,8,10-11,13-14H2,(H,23,24)/t15-,16-,18-,20?/m0/s1. The van der Waals surface area contributed by atoms with E-state index >= 15 is 0 Å². The summed E-state index contributed by atoms with van der Waals surface area (Å²) in [5.41, 5.74) is 0. The number of carbonyl (C=O) groups excluding carboxylic acids is 2. The number of ketones is 1. The fourth-order valence-corrected chi connectivity index (χ4v) is 3.56. The van der Waals surface area contributed by atoms with Gasteiger partial charge in [-0.3, -0.25) is 14.4 Å². The fraction of sp³-hybridized carbons (Fsp3) is 0.650. The van der Waals surface area contributed by atoms with E-state index in [0.29, 0.717) is 32.3 Å². The van der Waals surface area contributed by atoms with E-state index in [2.05, 4.69) is 0 Å². The molecule has 1 saturated carbocycles. The number of ether oxygens (including phenoxy) is 2. The lowest BCUT2D eigenvalue weighted by atomic mass is 9.90. The third-order valence-corrected chi connectivity index (χ3v) is 4.90. The van der Waals surface area contributed by atoms with E-state index in [4.69, 9.17) is 14.6 Å². The quantitative estimate of drug-likeness (QED) is 0.277. The maximum Gasteiger partial charge on any atom is 0.303 e. The molecule has 2 rings (SSSR count). The number of carbonyl (C=O) groups is 3. The molecule has 0 bridgehead atoms. The second-order valence-electron chi connectivity index (χ2n) is 6.84. The van der Waals surface area contributed by atoms with Gasteiger partial charge in [0.2, 0.25) is 0 Å². The molecule has 6 heteroatoms. The van der Waals surface area contributed by atoms with Crippen molar-refractivity contribution in [3.05, 3.63) is 24.3 Å². The zero-order valence-electron chi connectivity index (χ0n) is 15.0. The van der Waals surface area contributed by atoms with E-state index in [1.807, 2.05) is 12.2 Å². The van der Waals surface area contributed by atoms with Gasteiger partial charge in [0.05, 0.1) is 6.10 Å². The van der Waals surface area contributed by atoms with Gasteiger partial charge in [-0.25, -0.2) is 0 Å². The number of unbranched alkanes of at least 4 members (excludes halogenated alkanes) is 1. The zero-order valence-corrected chi connectivity index (χ0v) is 15.0. The van der Waals surface area contributed by atoms with Crippen molar-refractivity contribution in [3.8, 4) is 0 Å². The molecule has 0 aromatic heterocycles. The molecule has 0 amide bonds. The number of hydrogen-bond donors (Lipinski definition) is 1. The topological polar surface area (TPSA) is 89.9 Å². The Morgan fingerprint density at radius 3 is 2.85 bits per heavy atom. The van der Waals surface area contributed by atoms with Crippen LogP contribution in [0.3, 0.4) is 0 Å². The third-order valence-electron chi connectivity index (χ3n) is 4.90. The Bertz CT molecular complexity index is 532. The van der Waals surface area contributed by atoms with Gasteiger partial charge in [0.1, 0.15) is 12.1 Å². The summed E-state index contributed by atoms with van der Waals surface area (Å²) >= 11 is 0. The molecule has 6 nitrogen and oxygen atoms in total.